The van der Waals surface area contributed by atoms with E-state index in [1.54, 1.807) is 6.92 Å². The van der Waals surface area contributed by atoms with Gasteiger partial charge in [-0.1, -0.05) is 12.2 Å². The van der Waals surface area contributed by atoms with E-state index < -0.39 is 16.0 Å². The van der Waals surface area contributed by atoms with Crippen LogP contribution in [-0.2, 0) is 19.6 Å². The molecule has 0 spiro atoms. The van der Waals surface area contributed by atoms with E-state index in [-0.39, 0.29) is 18.6 Å². The molecule has 0 unspecified atom stereocenters. The van der Waals surface area contributed by atoms with Crippen molar-refractivity contribution in [3.05, 3.63) is 12.2 Å². The van der Waals surface area contributed by atoms with E-state index in [4.69, 9.17) is 0 Å². The van der Waals surface area contributed by atoms with Crippen molar-refractivity contribution < 1.29 is 17.9 Å². The zero-order chi connectivity index (χ0) is 12.8. The number of nitrogens with zero attached hydrogens (tertiary/aromatic N) is 1. The molecule has 94 valence electrons. The molecular formula is C10H19NO4S. The second-order valence-corrected chi connectivity index (χ2v) is 5.90. The smallest absolute Gasteiger partial charge is 0.305 e. The Morgan fingerprint density at radius 2 is 2.00 bits per heavy atom. The van der Waals surface area contributed by atoms with Gasteiger partial charge in [-0.15, -0.1) is 0 Å². The molecule has 0 aliphatic rings. The SMILES string of the molecule is C=C(C)CN(C)S(=O)(=O)CCCC(=O)OC. The number of methoxy groups -OCH3 is 1. The predicted molar refractivity (Wildman–Crippen MR) is 62.5 cm³/mol. The normalized spacial score (nSPS) is 11.5. The molecule has 0 amide bonds. The average Bonchev–Trinajstić information content (AvgIpc) is 2.16. The summed E-state index contributed by atoms with van der Waals surface area (Å²) < 4.78 is 29.0. The number of likely N-dealkylation sites (N-methyl/N-ethyl adjacent to an activating group) is 1. The largest absolute Gasteiger partial charge is 0.469 e. The number of hydrogen-bond donors (Lipinski definition) is 0. The van der Waals surface area contributed by atoms with Crippen molar-refractivity contribution in [3.8, 4) is 0 Å². The molecule has 16 heavy (non-hydrogen) atoms. The van der Waals surface area contributed by atoms with Crippen LogP contribution in [0, 0.1) is 0 Å². The molecule has 0 aliphatic heterocycles. The van der Waals surface area contributed by atoms with Gasteiger partial charge in [0.25, 0.3) is 0 Å². The number of esters is 1. The molecule has 0 saturated carbocycles. The van der Waals surface area contributed by atoms with Crippen LogP contribution in [-0.4, -0.2) is 45.1 Å². The summed E-state index contributed by atoms with van der Waals surface area (Å²) in [6, 6.07) is 0. The van der Waals surface area contributed by atoms with Gasteiger partial charge in [-0.3, -0.25) is 4.79 Å². The van der Waals surface area contributed by atoms with Gasteiger partial charge in [0.2, 0.25) is 10.0 Å². The Balaban J connectivity index is 4.14. The number of carbonyl (C=O) groups is 1. The first-order valence-electron chi connectivity index (χ1n) is 4.95. The Morgan fingerprint density at radius 1 is 1.44 bits per heavy atom. The fraction of sp³-hybridized carbons (Fsp3) is 0.700. The minimum atomic E-state index is -3.29. The lowest BCUT2D eigenvalue weighted by Crippen LogP contribution is -2.30. The van der Waals surface area contributed by atoms with E-state index in [1.165, 1.54) is 18.5 Å². The van der Waals surface area contributed by atoms with Gasteiger partial charge < -0.3 is 4.74 Å². The van der Waals surface area contributed by atoms with E-state index in [2.05, 4.69) is 11.3 Å². The lowest BCUT2D eigenvalue weighted by molar-refractivity contribution is -0.140. The number of carbonyl (C=O) groups excluding carboxylic acids is 1. The number of sulfonamides is 1. The fourth-order valence-corrected chi connectivity index (χ4v) is 2.37. The molecule has 5 nitrogen and oxygen atoms in total. The zero-order valence-electron chi connectivity index (χ0n) is 10.0. The zero-order valence-corrected chi connectivity index (χ0v) is 10.8. The van der Waals surface area contributed by atoms with Crippen LogP contribution in [0.25, 0.3) is 0 Å². The molecule has 0 aromatic rings. The van der Waals surface area contributed by atoms with Crippen molar-refractivity contribution >= 4 is 16.0 Å². The van der Waals surface area contributed by atoms with Crippen molar-refractivity contribution in [1.29, 1.82) is 0 Å². The van der Waals surface area contributed by atoms with Gasteiger partial charge in [0.05, 0.1) is 12.9 Å². The number of rotatable bonds is 7. The van der Waals surface area contributed by atoms with Crippen LogP contribution < -0.4 is 0 Å². The molecule has 0 aromatic carbocycles. The van der Waals surface area contributed by atoms with Gasteiger partial charge in [-0.25, -0.2) is 12.7 Å². The maximum atomic E-state index is 11.7. The highest BCUT2D eigenvalue weighted by molar-refractivity contribution is 7.89. The minimum absolute atomic E-state index is 0.0497. The quantitative estimate of drug-likeness (QED) is 0.494. The molecule has 0 aliphatic carbocycles. The lowest BCUT2D eigenvalue weighted by Gasteiger charge is -2.16. The molecule has 0 heterocycles. The molecule has 0 rings (SSSR count). The lowest BCUT2D eigenvalue weighted by atomic mass is 10.3. The monoisotopic (exact) mass is 249 g/mol. The molecule has 0 bridgehead atoms. The summed E-state index contributed by atoms with van der Waals surface area (Å²) in [5.41, 5.74) is 0.777. The molecule has 0 N–H and O–H groups in total. The van der Waals surface area contributed by atoms with Gasteiger partial charge in [-0.2, -0.15) is 0 Å². The Morgan fingerprint density at radius 3 is 2.44 bits per heavy atom. The number of hydrogen-bond acceptors (Lipinski definition) is 4. The van der Waals surface area contributed by atoms with Gasteiger partial charge in [0.15, 0.2) is 0 Å². The molecular weight excluding hydrogens is 230 g/mol. The highest BCUT2D eigenvalue weighted by Crippen LogP contribution is 2.05. The van der Waals surface area contributed by atoms with Gasteiger partial charge in [0, 0.05) is 20.0 Å². The maximum absolute atomic E-state index is 11.7. The van der Waals surface area contributed by atoms with Gasteiger partial charge >= 0.3 is 5.97 Å². The third-order valence-corrected chi connectivity index (χ3v) is 3.86. The van der Waals surface area contributed by atoms with E-state index >= 15 is 0 Å². The first-order valence-corrected chi connectivity index (χ1v) is 6.55. The topological polar surface area (TPSA) is 63.7 Å². The summed E-state index contributed by atoms with van der Waals surface area (Å²) in [4.78, 5) is 10.8. The Hall–Kier alpha value is -0.880. The van der Waals surface area contributed by atoms with Crippen LogP contribution in [0.15, 0.2) is 12.2 Å². The van der Waals surface area contributed by atoms with E-state index in [0.29, 0.717) is 6.54 Å². The standard InChI is InChI=1S/C10H19NO4S/c1-9(2)8-11(3)16(13,14)7-5-6-10(12)15-4/h1,5-8H2,2-4H3. The van der Waals surface area contributed by atoms with Crippen molar-refractivity contribution in [2.24, 2.45) is 0 Å². The van der Waals surface area contributed by atoms with Crippen molar-refractivity contribution in [2.75, 3.05) is 26.5 Å². The number of ether oxygens (including phenoxy) is 1. The van der Waals surface area contributed by atoms with Crippen molar-refractivity contribution in [3.63, 3.8) is 0 Å². The first kappa shape index (κ1) is 15.1. The molecule has 6 heteroatoms. The summed E-state index contributed by atoms with van der Waals surface area (Å²) in [6.07, 6.45) is 0.395. The molecule has 0 radical (unpaired) electrons. The van der Waals surface area contributed by atoms with E-state index in [1.807, 2.05) is 0 Å². The van der Waals surface area contributed by atoms with Crippen LogP contribution in [0.4, 0.5) is 0 Å². The highest BCUT2D eigenvalue weighted by Gasteiger charge is 2.17. The Labute approximate surface area is 97.1 Å². The van der Waals surface area contributed by atoms with Gasteiger partial charge in [0.1, 0.15) is 0 Å². The third-order valence-electron chi connectivity index (χ3n) is 1.98. The fourth-order valence-electron chi connectivity index (χ4n) is 1.14. The van der Waals surface area contributed by atoms with Crippen LogP contribution in [0.1, 0.15) is 19.8 Å². The second kappa shape index (κ2) is 6.65. The average molecular weight is 249 g/mol. The van der Waals surface area contributed by atoms with Crippen molar-refractivity contribution in [1.82, 2.24) is 4.31 Å². The van der Waals surface area contributed by atoms with Crippen molar-refractivity contribution in [2.45, 2.75) is 19.8 Å². The maximum Gasteiger partial charge on any atom is 0.305 e. The second-order valence-electron chi connectivity index (χ2n) is 3.71. The van der Waals surface area contributed by atoms with Crippen LogP contribution in [0.3, 0.4) is 0 Å². The first-order chi connectivity index (χ1) is 7.29. The summed E-state index contributed by atoms with van der Waals surface area (Å²) in [5.74, 6) is -0.441. The Kier molecular flexibility index (Phi) is 6.28. The molecule has 0 fully saturated rings. The van der Waals surface area contributed by atoms with E-state index in [0.717, 1.165) is 5.57 Å². The predicted octanol–water partition coefficient (Wildman–Crippen LogP) is 0.777. The molecule has 0 saturated heterocycles. The molecule has 0 aromatic heterocycles. The van der Waals surface area contributed by atoms with Crippen LogP contribution >= 0.6 is 0 Å². The van der Waals surface area contributed by atoms with Crippen LogP contribution in [0.2, 0.25) is 0 Å². The van der Waals surface area contributed by atoms with Gasteiger partial charge in [-0.05, 0) is 13.3 Å². The highest BCUT2D eigenvalue weighted by atomic mass is 32.2. The summed E-state index contributed by atoms with van der Waals surface area (Å²) >= 11 is 0. The minimum Gasteiger partial charge on any atom is -0.469 e. The van der Waals surface area contributed by atoms with E-state index in [9.17, 15) is 13.2 Å². The summed E-state index contributed by atoms with van der Waals surface area (Å²) in [5, 5.41) is 0. The summed E-state index contributed by atoms with van der Waals surface area (Å²) in [7, 11) is -0.511. The third kappa shape index (κ3) is 5.87. The summed E-state index contributed by atoms with van der Waals surface area (Å²) in [6.45, 7) is 5.72. The van der Waals surface area contributed by atoms with Crippen LogP contribution in [0.5, 0.6) is 0 Å². The Bertz CT molecular complexity index is 348. The molecule has 0 atom stereocenters.